The largest absolute Gasteiger partial charge is 0.497 e. The number of carbonyl (C=O) groups excluding carboxylic acids is 2. The van der Waals surface area contributed by atoms with Gasteiger partial charge in [0, 0.05) is 18.6 Å². The van der Waals surface area contributed by atoms with Gasteiger partial charge in [0.25, 0.3) is 10.0 Å². The molecule has 1 atom stereocenters. The summed E-state index contributed by atoms with van der Waals surface area (Å²) in [4.78, 5) is 28.1. The van der Waals surface area contributed by atoms with Crippen LogP contribution in [0.5, 0.6) is 5.75 Å². The van der Waals surface area contributed by atoms with Crippen LogP contribution in [-0.2, 0) is 26.2 Å². The summed E-state index contributed by atoms with van der Waals surface area (Å²) in [7, 11) is -1.14. The number of ether oxygens (including phenoxy) is 1. The Morgan fingerprint density at radius 3 is 2.18 bits per heavy atom. The summed E-state index contributed by atoms with van der Waals surface area (Å²) in [6.45, 7) is 3.15. The lowest BCUT2D eigenvalue weighted by atomic mass is 10.1. The second-order valence-corrected chi connectivity index (χ2v) is 10.9. The molecule has 0 fully saturated rings. The highest BCUT2D eigenvalue weighted by atomic mass is 35.5. The highest BCUT2D eigenvalue weighted by Crippen LogP contribution is 2.27. The fraction of sp³-hybridized carbons (Fsp3) is 0.286. The van der Waals surface area contributed by atoms with Crippen LogP contribution in [0, 0.1) is 6.92 Å². The number of benzene rings is 3. The first-order valence-corrected chi connectivity index (χ1v) is 13.9. The molecular weight excluding hydrogens is 526 g/mol. The van der Waals surface area contributed by atoms with Crippen LogP contribution in [0.4, 0.5) is 5.69 Å². The summed E-state index contributed by atoms with van der Waals surface area (Å²) in [5.41, 5.74) is 1.82. The van der Waals surface area contributed by atoms with E-state index in [4.69, 9.17) is 16.3 Å². The number of halogens is 1. The van der Waals surface area contributed by atoms with Crippen LogP contribution in [0.25, 0.3) is 0 Å². The number of likely N-dealkylation sites (N-methyl/N-ethyl adjacent to an activating group) is 1. The van der Waals surface area contributed by atoms with Gasteiger partial charge in [0.15, 0.2) is 0 Å². The fourth-order valence-corrected chi connectivity index (χ4v) is 5.62. The average molecular weight is 558 g/mol. The minimum atomic E-state index is -4.14. The van der Waals surface area contributed by atoms with Crippen molar-refractivity contribution in [3.63, 3.8) is 0 Å². The summed E-state index contributed by atoms with van der Waals surface area (Å²) in [6, 6.07) is 19.0. The van der Waals surface area contributed by atoms with Gasteiger partial charge in [-0.25, -0.2) is 8.42 Å². The number of hydrogen-bond donors (Lipinski definition) is 1. The molecule has 8 nitrogen and oxygen atoms in total. The SMILES string of the molecule is CC[C@@H](C(=O)NC)N(Cc1ccccc1Cl)C(=O)CN(c1ccc(OC)cc1)S(=O)(=O)c1ccc(C)cc1. The number of hydrogen-bond acceptors (Lipinski definition) is 5. The van der Waals surface area contributed by atoms with Crippen molar-refractivity contribution in [1.29, 1.82) is 0 Å². The lowest BCUT2D eigenvalue weighted by Crippen LogP contribution is -2.51. The standard InChI is InChI=1S/C28H32ClN3O5S/c1-5-26(28(34)30-3)31(18-21-8-6-7-9-25(21)29)27(33)19-32(22-12-14-23(37-4)15-13-22)38(35,36)24-16-10-20(2)11-17-24/h6-17,26H,5,18-19H2,1-4H3,(H,30,34)/t26-/m0/s1. The maximum atomic E-state index is 13.9. The van der Waals surface area contributed by atoms with Gasteiger partial charge in [0.2, 0.25) is 11.8 Å². The van der Waals surface area contributed by atoms with Gasteiger partial charge in [0.1, 0.15) is 18.3 Å². The Morgan fingerprint density at radius 2 is 1.63 bits per heavy atom. The third-order valence-electron chi connectivity index (χ3n) is 6.18. The van der Waals surface area contributed by atoms with Gasteiger partial charge in [-0.1, -0.05) is 54.4 Å². The summed E-state index contributed by atoms with van der Waals surface area (Å²) >= 11 is 6.37. The smallest absolute Gasteiger partial charge is 0.264 e. The predicted molar refractivity (Wildman–Crippen MR) is 149 cm³/mol. The molecule has 0 aliphatic carbocycles. The lowest BCUT2D eigenvalue weighted by molar-refractivity contribution is -0.140. The van der Waals surface area contributed by atoms with Gasteiger partial charge in [-0.05, 0) is 61.4 Å². The Kier molecular flexibility index (Phi) is 9.77. The first kappa shape index (κ1) is 29.0. The van der Waals surface area contributed by atoms with Crippen molar-refractivity contribution in [2.45, 2.75) is 37.8 Å². The van der Waals surface area contributed by atoms with E-state index in [2.05, 4.69) is 5.32 Å². The molecule has 202 valence electrons. The van der Waals surface area contributed by atoms with Crippen molar-refractivity contribution >= 4 is 39.1 Å². The van der Waals surface area contributed by atoms with Crippen molar-refractivity contribution in [1.82, 2.24) is 10.2 Å². The van der Waals surface area contributed by atoms with Crippen LogP contribution < -0.4 is 14.4 Å². The van der Waals surface area contributed by atoms with E-state index in [0.717, 1.165) is 9.87 Å². The summed E-state index contributed by atoms with van der Waals surface area (Å²) in [5, 5.41) is 3.04. The van der Waals surface area contributed by atoms with Crippen LogP contribution in [0.2, 0.25) is 5.02 Å². The molecule has 0 aromatic heterocycles. The second-order valence-electron chi connectivity index (χ2n) is 8.67. The van der Waals surface area contributed by atoms with Crippen molar-refractivity contribution in [2.75, 3.05) is 25.0 Å². The van der Waals surface area contributed by atoms with E-state index < -0.39 is 28.5 Å². The Balaban J connectivity index is 2.07. The number of amides is 2. The number of methoxy groups -OCH3 is 1. The number of carbonyl (C=O) groups is 2. The minimum Gasteiger partial charge on any atom is -0.497 e. The van der Waals surface area contributed by atoms with Crippen LogP contribution in [0.3, 0.4) is 0 Å². The molecule has 1 N–H and O–H groups in total. The maximum Gasteiger partial charge on any atom is 0.264 e. The third kappa shape index (κ3) is 6.65. The van der Waals surface area contributed by atoms with E-state index in [9.17, 15) is 18.0 Å². The third-order valence-corrected chi connectivity index (χ3v) is 8.34. The molecule has 0 heterocycles. The average Bonchev–Trinajstić information content (AvgIpc) is 2.92. The van der Waals surface area contributed by atoms with Crippen molar-refractivity contribution in [2.24, 2.45) is 0 Å². The van der Waals surface area contributed by atoms with E-state index >= 15 is 0 Å². The van der Waals surface area contributed by atoms with Crippen LogP contribution >= 0.6 is 11.6 Å². The van der Waals surface area contributed by atoms with Crippen molar-refractivity contribution < 1.29 is 22.7 Å². The normalized spacial score (nSPS) is 11.9. The first-order valence-electron chi connectivity index (χ1n) is 12.1. The van der Waals surface area contributed by atoms with Gasteiger partial charge in [-0.3, -0.25) is 13.9 Å². The topological polar surface area (TPSA) is 96.0 Å². The van der Waals surface area contributed by atoms with Crippen molar-refractivity contribution in [3.05, 3.63) is 88.9 Å². The van der Waals surface area contributed by atoms with Crippen LogP contribution in [-0.4, -0.2) is 51.9 Å². The summed E-state index contributed by atoms with van der Waals surface area (Å²) in [6.07, 6.45) is 0.323. The predicted octanol–water partition coefficient (Wildman–Crippen LogP) is 4.41. The van der Waals surface area contributed by atoms with E-state index in [1.54, 1.807) is 67.6 Å². The van der Waals surface area contributed by atoms with Gasteiger partial charge in [-0.2, -0.15) is 0 Å². The molecule has 38 heavy (non-hydrogen) atoms. The number of sulfonamides is 1. The second kappa shape index (κ2) is 12.8. The van der Waals surface area contributed by atoms with E-state index in [1.165, 1.54) is 31.2 Å². The van der Waals surface area contributed by atoms with Crippen LogP contribution in [0.1, 0.15) is 24.5 Å². The monoisotopic (exact) mass is 557 g/mol. The molecule has 0 aliphatic heterocycles. The van der Waals surface area contributed by atoms with E-state index in [0.29, 0.717) is 22.8 Å². The minimum absolute atomic E-state index is 0.0332. The zero-order valence-electron chi connectivity index (χ0n) is 21.8. The number of nitrogens with one attached hydrogen (secondary N) is 1. The summed E-state index contributed by atoms with van der Waals surface area (Å²) in [5.74, 6) is -0.365. The first-order chi connectivity index (χ1) is 18.1. The molecule has 0 aliphatic rings. The highest BCUT2D eigenvalue weighted by Gasteiger charge is 2.33. The lowest BCUT2D eigenvalue weighted by Gasteiger charge is -2.33. The zero-order valence-corrected chi connectivity index (χ0v) is 23.4. The summed E-state index contributed by atoms with van der Waals surface area (Å²) < 4.78 is 33.9. The number of aryl methyl sites for hydroxylation is 1. The number of anilines is 1. The molecule has 0 unspecified atom stereocenters. The van der Waals surface area contributed by atoms with Gasteiger partial charge >= 0.3 is 0 Å². The molecular formula is C28H32ClN3O5S. The van der Waals surface area contributed by atoms with Crippen molar-refractivity contribution in [3.8, 4) is 5.75 Å². The van der Waals surface area contributed by atoms with E-state index in [1.807, 2.05) is 6.92 Å². The van der Waals surface area contributed by atoms with Gasteiger partial charge < -0.3 is 15.0 Å². The molecule has 3 aromatic rings. The Bertz CT molecular complexity index is 1360. The molecule has 3 aromatic carbocycles. The Morgan fingerprint density at radius 1 is 1.00 bits per heavy atom. The number of rotatable bonds is 11. The Hall–Kier alpha value is -3.56. The maximum absolute atomic E-state index is 13.9. The molecule has 2 amide bonds. The van der Waals surface area contributed by atoms with Gasteiger partial charge in [0.05, 0.1) is 17.7 Å². The number of nitrogens with zero attached hydrogens (tertiary/aromatic N) is 2. The van der Waals surface area contributed by atoms with Crippen LogP contribution in [0.15, 0.2) is 77.7 Å². The Labute approximate surface area is 229 Å². The molecule has 0 spiro atoms. The van der Waals surface area contributed by atoms with E-state index in [-0.39, 0.29) is 23.0 Å². The fourth-order valence-electron chi connectivity index (χ4n) is 4.01. The zero-order chi connectivity index (χ0) is 27.9. The molecule has 0 saturated carbocycles. The molecule has 10 heteroatoms. The highest BCUT2D eigenvalue weighted by molar-refractivity contribution is 7.92. The molecule has 0 bridgehead atoms. The molecule has 0 saturated heterocycles. The molecule has 3 rings (SSSR count). The quantitative estimate of drug-likeness (QED) is 0.377. The molecule has 0 radical (unpaired) electrons. The van der Waals surface area contributed by atoms with Gasteiger partial charge in [-0.15, -0.1) is 0 Å².